The SMILES string of the molecule is COCC(=O)Nc1ccc2c(c1)C(c1ccc(OC)c(OC)c1)Oc1cccc(OC)c1-2. The van der Waals surface area contributed by atoms with Crippen molar-refractivity contribution in [1.82, 2.24) is 0 Å². The first-order valence-electron chi connectivity index (χ1n) is 10.1. The Morgan fingerprint density at radius 3 is 2.41 bits per heavy atom. The molecule has 0 bridgehead atoms. The lowest BCUT2D eigenvalue weighted by molar-refractivity contribution is -0.119. The smallest absolute Gasteiger partial charge is 0.250 e. The van der Waals surface area contributed by atoms with Crippen molar-refractivity contribution in [3.8, 4) is 34.1 Å². The van der Waals surface area contributed by atoms with Gasteiger partial charge < -0.3 is 29.0 Å². The summed E-state index contributed by atoms with van der Waals surface area (Å²) in [7, 11) is 6.31. The van der Waals surface area contributed by atoms with Crippen LogP contribution in [0.3, 0.4) is 0 Å². The fourth-order valence-electron chi connectivity index (χ4n) is 3.91. The average molecular weight is 435 g/mol. The Morgan fingerprint density at radius 2 is 1.69 bits per heavy atom. The number of hydrogen-bond donors (Lipinski definition) is 1. The Hall–Kier alpha value is -3.71. The summed E-state index contributed by atoms with van der Waals surface area (Å²) in [6.45, 7) is -0.0245. The second-order valence-corrected chi connectivity index (χ2v) is 7.23. The van der Waals surface area contributed by atoms with Crippen LogP contribution in [0.5, 0.6) is 23.0 Å². The summed E-state index contributed by atoms with van der Waals surface area (Å²) in [5.74, 6) is 2.44. The van der Waals surface area contributed by atoms with E-state index in [9.17, 15) is 4.79 Å². The van der Waals surface area contributed by atoms with Gasteiger partial charge in [0.25, 0.3) is 0 Å². The number of hydrogen-bond acceptors (Lipinski definition) is 6. The molecule has 7 heteroatoms. The molecule has 7 nitrogen and oxygen atoms in total. The van der Waals surface area contributed by atoms with E-state index >= 15 is 0 Å². The molecular weight excluding hydrogens is 410 g/mol. The van der Waals surface area contributed by atoms with E-state index in [0.29, 0.717) is 28.7 Å². The minimum Gasteiger partial charge on any atom is -0.496 e. The molecule has 0 saturated carbocycles. The van der Waals surface area contributed by atoms with Crippen LogP contribution in [-0.2, 0) is 9.53 Å². The second-order valence-electron chi connectivity index (χ2n) is 7.23. The lowest BCUT2D eigenvalue weighted by atomic mass is 9.88. The molecule has 0 saturated heterocycles. The van der Waals surface area contributed by atoms with Crippen LogP contribution in [0.25, 0.3) is 11.1 Å². The normalized spacial score (nSPS) is 13.9. The topological polar surface area (TPSA) is 75.3 Å². The quantitative estimate of drug-likeness (QED) is 0.591. The molecule has 0 radical (unpaired) electrons. The van der Waals surface area contributed by atoms with Crippen molar-refractivity contribution >= 4 is 11.6 Å². The number of benzene rings is 3. The number of carbonyl (C=O) groups excluding carboxylic acids is 1. The molecule has 0 spiro atoms. The predicted octanol–water partition coefficient (Wildman–Crippen LogP) is 4.45. The molecule has 0 fully saturated rings. The first-order valence-corrected chi connectivity index (χ1v) is 10.1. The van der Waals surface area contributed by atoms with Crippen molar-refractivity contribution in [3.63, 3.8) is 0 Å². The summed E-state index contributed by atoms with van der Waals surface area (Å²) < 4.78 is 27.9. The summed E-state index contributed by atoms with van der Waals surface area (Å²) in [5, 5.41) is 2.86. The Morgan fingerprint density at radius 1 is 0.906 bits per heavy atom. The number of carbonyl (C=O) groups is 1. The average Bonchev–Trinajstić information content (AvgIpc) is 2.82. The molecule has 32 heavy (non-hydrogen) atoms. The number of fused-ring (bicyclic) bond motifs is 3. The van der Waals surface area contributed by atoms with Crippen LogP contribution in [0.2, 0.25) is 0 Å². The van der Waals surface area contributed by atoms with Gasteiger partial charge in [-0.05, 0) is 42.0 Å². The molecule has 1 heterocycles. The Kier molecular flexibility index (Phi) is 6.18. The van der Waals surface area contributed by atoms with Gasteiger partial charge in [-0.15, -0.1) is 0 Å². The number of ether oxygens (including phenoxy) is 5. The zero-order chi connectivity index (χ0) is 22.7. The fourth-order valence-corrected chi connectivity index (χ4v) is 3.91. The van der Waals surface area contributed by atoms with Crippen LogP contribution in [0.15, 0.2) is 54.6 Å². The fraction of sp³-hybridized carbons (Fsp3) is 0.240. The van der Waals surface area contributed by atoms with Crippen molar-refractivity contribution in [2.24, 2.45) is 0 Å². The predicted molar refractivity (Wildman–Crippen MR) is 121 cm³/mol. The van der Waals surface area contributed by atoms with Crippen LogP contribution in [-0.4, -0.2) is 41.0 Å². The number of amides is 1. The van der Waals surface area contributed by atoms with Crippen molar-refractivity contribution in [3.05, 3.63) is 65.7 Å². The molecule has 166 valence electrons. The molecule has 0 aromatic heterocycles. The lowest BCUT2D eigenvalue weighted by Crippen LogP contribution is -2.19. The Labute approximate surface area is 186 Å². The second kappa shape index (κ2) is 9.20. The molecule has 4 rings (SSSR count). The van der Waals surface area contributed by atoms with Crippen LogP contribution < -0.4 is 24.3 Å². The van der Waals surface area contributed by atoms with Gasteiger partial charge in [0, 0.05) is 23.9 Å². The summed E-state index contributed by atoms with van der Waals surface area (Å²) >= 11 is 0. The van der Waals surface area contributed by atoms with Crippen molar-refractivity contribution in [2.75, 3.05) is 40.4 Å². The maximum atomic E-state index is 12.1. The third-order valence-electron chi connectivity index (χ3n) is 5.33. The van der Waals surface area contributed by atoms with E-state index in [-0.39, 0.29) is 12.5 Å². The molecule has 1 N–H and O–H groups in total. The van der Waals surface area contributed by atoms with E-state index in [1.54, 1.807) is 21.3 Å². The molecule has 0 aliphatic carbocycles. The third kappa shape index (κ3) is 3.94. The molecule has 1 aliphatic rings. The largest absolute Gasteiger partial charge is 0.496 e. The molecule has 1 amide bonds. The van der Waals surface area contributed by atoms with Gasteiger partial charge in [0.05, 0.1) is 26.9 Å². The Balaban J connectivity index is 1.85. The monoisotopic (exact) mass is 435 g/mol. The van der Waals surface area contributed by atoms with Crippen molar-refractivity contribution < 1.29 is 28.5 Å². The molecule has 1 atom stereocenters. The van der Waals surface area contributed by atoms with Crippen LogP contribution in [0.4, 0.5) is 5.69 Å². The lowest BCUT2D eigenvalue weighted by Gasteiger charge is -2.31. The minimum atomic E-state index is -0.427. The van der Waals surface area contributed by atoms with E-state index < -0.39 is 6.10 Å². The van der Waals surface area contributed by atoms with Gasteiger partial charge in [0.1, 0.15) is 24.2 Å². The van der Waals surface area contributed by atoms with Gasteiger partial charge in [-0.25, -0.2) is 0 Å². The van der Waals surface area contributed by atoms with Gasteiger partial charge in [-0.2, -0.15) is 0 Å². The molecule has 3 aromatic carbocycles. The highest BCUT2D eigenvalue weighted by atomic mass is 16.5. The number of anilines is 1. The zero-order valence-corrected chi connectivity index (χ0v) is 18.4. The van der Waals surface area contributed by atoms with E-state index in [2.05, 4.69) is 5.32 Å². The van der Waals surface area contributed by atoms with Crippen LogP contribution in [0.1, 0.15) is 17.2 Å². The van der Waals surface area contributed by atoms with E-state index in [0.717, 1.165) is 22.3 Å². The Bertz CT molecular complexity index is 1140. The number of rotatable bonds is 7. The van der Waals surface area contributed by atoms with Gasteiger partial charge in [-0.1, -0.05) is 18.2 Å². The van der Waals surface area contributed by atoms with E-state index in [1.165, 1.54) is 7.11 Å². The molecule has 1 aliphatic heterocycles. The maximum absolute atomic E-state index is 12.1. The molecular formula is C25H25NO6. The highest BCUT2D eigenvalue weighted by Gasteiger charge is 2.30. The highest BCUT2D eigenvalue weighted by molar-refractivity contribution is 5.93. The van der Waals surface area contributed by atoms with Crippen molar-refractivity contribution in [2.45, 2.75) is 6.10 Å². The van der Waals surface area contributed by atoms with E-state index in [1.807, 2.05) is 54.6 Å². The summed E-state index contributed by atoms with van der Waals surface area (Å²) in [6, 6.07) is 17.1. The highest BCUT2D eigenvalue weighted by Crippen LogP contribution is 2.50. The van der Waals surface area contributed by atoms with Crippen LogP contribution >= 0.6 is 0 Å². The van der Waals surface area contributed by atoms with Gasteiger partial charge >= 0.3 is 0 Å². The number of methoxy groups -OCH3 is 4. The summed E-state index contributed by atoms with van der Waals surface area (Å²) in [6.07, 6.45) is -0.427. The summed E-state index contributed by atoms with van der Waals surface area (Å²) in [5.41, 5.74) is 4.27. The molecule has 3 aromatic rings. The first-order chi connectivity index (χ1) is 15.6. The standard InChI is InChI=1S/C25H25NO6/c1-28-14-23(27)26-16-9-10-17-18(13-16)25(15-8-11-19(29-2)22(12-15)31-4)32-21-7-5-6-20(30-3)24(17)21/h5-13,25H,14H2,1-4H3,(H,26,27). The maximum Gasteiger partial charge on any atom is 0.250 e. The molecule has 1 unspecified atom stereocenters. The third-order valence-corrected chi connectivity index (χ3v) is 5.33. The van der Waals surface area contributed by atoms with Gasteiger partial charge in [-0.3, -0.25) is 4.79 Å². The van der Waals surface area contributed by atoms with Crippen LogP contribution in [0, 0.1) is 0 Å². The summed E-state index contributed by atoms with van der Waals surface area (Å²) in [4.78, 5) is 12.1. The van der Waals surface area contributed by atoms with Gasteiger partial charge in [0.15, 0.2) is 11.5 Å². The zero-order valence-electron chi connectivity index (χ0n) is 18.4. The minimum absolute atomic E-state index is 0.0245. The van der Waals surface area contributed by atoms with E-state index in [4.69, 9.17) is 23.7 Å². The number of nitrogens with one attached hydrogen (secondary N) is 1. The van der Waals surface area contributed by atoms with Crippen molar-refractivity contribution in [1.29, 1.82) is 0 Å². The van der Waals surface area contributed by atoms with Gasteiger partial charge in [0.2, 0.25) is 5.91 Å². The first kappa shape index (κ1) is 21.5.